The molecule has 0 spiro atoms. The normalized spacial score (nSPS) is 10.6. The summed E-state index contributed by atoms with van der Waals surface area (Å²) in [7, 11) is 0. The van der Waals surface area contributed by atoms with Gasteiger partial charge in [0.2, 0.25) is 5.88 Å². The Kier molecular flexibility index (Phi) is 5.31. The Balaban J connectivity index is 1.80. The van der Waals surface area contributed by atoms with E-state index in [2.05, 4.69) is 16.9 Å². The van der Waals surface area contributed by atoms with Crippen molar-refractivity contribution in [3.05, 3.63) is 83.6 Å². The fourth-order valence-electron chi connectivity index (χ4n) is 2.99. The summed E-state index contributed by atoms with van der Waals surface area (Å²) in [5.74, 6) is -1.16. The Morgan fingerprint density at radius 3 is 2.41 bits per heavy atom. The van der Waals surface area contributed by atoms with Gasteiger partial charge in [0.1, 0.15) is 5.56 Å². The highest BCUT2D eigenvalue weighted by molar-refractivity contribution is 6.09. The molecule has 0 aliphatic carbocycles. The highest BCUT2D eigenvalue weighted by Crippen LogP contribution is 2.33. The van der Waals surface area contributed by atoms with E-state index in [4.69, 9.17) is 0 Å². The number of aromatic nitrogens is 1. The lowest BCUT2D eigenvalue weighted by Crippen LogP contribution is -2.12. The number of aromatic amines is 1. The predicted molar refractivity (Wildman–Crippen MR) is 107 cm³/mol. The zero-order valence-corrected chi connectivity index (χ0v) is 15.1. The van der Waals surface area contributed by atoms with Crippen LogP contribution in [0.25, 0.3) is 5.57 Å². The van der Waals surface area contributed by atoms with Crippen molar-refractivity contribution in [2.24, 2.45) is 0 Å². The molecule has 3 aromatic rings. The number of allylic oxidation sites excluding steroid dienone is 1. The van der Waals surface area contributed by atoms with Crippen molar-refractivity contribution in [2.75, 3.05) is 5.32 Å². The summed E-state index contributed by atoms with van der Waals surface area (Å²) in [6, 6.07) is 17.0. The molecule has 0 fully saturated rings. The Hall–Kier alpha value is -3.47. The van der Waals surface area contributed by atoms with Crippen LogP contribution in [0.4, 0.5) is 5.69 Å². The first-order valence-corrected chi connectivity index (χ1v) is 8.70. The van der Waals surface area contributed by atoms with Crippen LogP contribution in [0.15, 0.2) is 61.2 Å². The van der Waals surface area contributed by atoms with Gasteiger partial charge in [-0.1, -0.05) is 55.1 Å². The molecule has 0 bridgehead atoms. The molecule has 1 amide bonds. The van der Waals surface area contributed by atoms with Crippen molar-refractivity contribution in [2.45, 2.75) is 19.8 Å². The van der Waals surface area contributed by atoms with Gasteiger partial charge in [-0.25, -0.2) is 0 Å². The van der Waals surface area contributed by atoms with Crippen LogP contribution in [0.3, 0.4) is 0 Å². The molecular formula is C22H22N2O3. The van der Waals surface area contributed by atoms with Crippen LogP contribution < -0.4 is 5.32 Å². The van der Waals surface area contributed by atoms with E-state index in [0.717, 1.165) is 16.7 Å². The van der Waals surface area contributed by atoms with Crippen LogP contribution in [0, 0.1) is 0 Å². The highest BCUT2D eigenvalue weighted by atomic mass is 16.3. The predicted octanol–water partition coefficient (Wildman–Crippen LogP) is 4.50. The molecule has 1 aromatic heterocycles. The fourth-order valence-corrected chi connectivity index (χ4v) is 2.99. The van der Waals surface area contributed by atoms with Crippen LogP contribution >= 0.6 is 0 Å². The monoisotopic (exact) mass is 362 g/mol. The summed E-state index contributed by atoms with van der Waals surface area (Å²) in [5, 5.41) is 23.3. The van der Waals surface area contributed by atoms with Crippen molar-refractivity contribution < 1.29 is 15.0 Å². The maximum absolute atomic E-state index is 12.6. The maximum atomic E-state index is 12.6. The first-order chi connectivity index (χ1) is 13.0. The molecule has 0 atom stereocenters. The molecule has 2 aromatic carbocycles. The first-order valence-electron chi connectivity index (χ1n) is 8.70. The van der Waals surface area contributed by atoms with E-state index >= 15 is 0 Å². The zero-order chi connectivity index (χ0) is 19.4. The molecule has 0 saturated heterocycles. The molecule has 5 heteroatoms. The summed E-state index contributed by atoms with van der Waals surface area (Å²) >= 11 is 0. The minimum Gasteiger partial charge on any atom is -0.505 e. The van der Waals surface area contributed by atoms with Crippen molar-refractivity contribution in [1.82, 2.24) is 4.98 Å². The average molecular weight is 362 g/mol. The average Bonchev–Trinajstić information content (AvgIpc) is 2.94. The number of benzene rings is 2. The SMILES string of the molecule is C=C(C)c1ccccc1NC(=O)c1c(O)[nH]c(CCc2ccccc2)c1O. The number of anilines is 1. The second kappa shape index (κ2) is 7.83. The third-order valence-corrected chi connectivity index (χ3v) is 4.40. The fraction of sp³-hybridized carbons (Fsp3) is 0.136. The Bertz CT molecular complexity index is 974. The first kappa shape index (κ1) is 18.3. The van der Waals surface area contributed by atoms with Gasteiger partial charge in [0.25, 0.3) is 5.91 Å². The van der Waals surface area contributed by atoms with Crippen LogP contribution in [0.5, 0.6) is 11.6 Å². The van der Waals surface area contributed by atoms with Gasteiger partial charge in [-0.15, -0.1) is 0 Å². The minimum atomic E-state index is -0.582. The van der Waals surface area contributed by atoms with Crippen LogP contribution in [-0.2, 0) is 12.8 Å². The lowest BCUT2D eigenvalue weighted by atomic mass is 10.1. The molecule has 27 heavy (non-hydrogen) atoms. The highest BCUT2D eigenvalue weighted by Gasteiger charge is 2.23. The van der Waals surface area contributed by atoms with E-state index in [1.165, 1.54) is 0 Å². The molecule has 1 heterocycles. The van der Waals surface area contributed by atoms with Gasteiger partial charge in [-0.3, -0.25) is 4.79 Å². The van der Waals surface area contributed by atoms with Gasteiger partial charge in [0, 0.05) is 11.3 Å². The van der Waals surface area contributed by atoms with Gasteiger partial charge in [-0.2, -0.15) is 0 Å². The van der Waals surface area contributed by atoms with E-state index in [1.807, 2.05) is 49.4 Å². The number of para-hydroxylation sites is 1. The van der Waals surface area contributed by atoms with Crippen molar-refractivity contribution in [1.29, 1.82) is 0 Å². The maximum Gasteiger partial charge on any atom is 0.264 e. The smallest absolute Gasteiger partial charge is 0.264 e. The number of nitrogens with one attached hydrogen (secondary N) is 2. The number of H-pyrrole nitrogens is 1. The molecule has 0 saturated carbocycles. The third kappa shape index (κ3) is 4.03. The summed E-state index contributed by atoms with van der Waals surface area (Å²) < 4.78 is 0. The molecular weight excluding hydrogens is 340 g/mol. The lowest BCUT2D eigenvalue weighted by Gasteiger charge is -2.10. The van der Waals surface area contributed by atoms with E-state index in [-0.39, 0.29) is 17.2 Å². The van der Waals surface area contributed by atoms with E-state index in [0.29, 0.717) is 24.2 Å². The van der Waals surface area contributed by atoms with Crippen molar-refractivity contribution in [3.8, 4) is 11.6 Å². The topological polar surface area (TPSA) is 85.4 Å². The Labute approximate surface area is 158 Å². The Morgan fingerprint density at radius 2 is 1.70 bits per heavy atom. The summed E-state index contributed by atoms with van der Waals surface area (Å²) in [4.78, 5) is 15.4. The van der Waals surface area contributed by atoms with Crippen LogP contribution in [0.2, 0.25) is 0 Å². The third-order valence-electron chi connectivity index (χ3n) is 4.40. The quantitative estimate of drug-likeness (QED) is 0.521. The van der Waals surface area contributed by atoms with E-state index in [1.54, 1.807) is 12.1 Å². The summed E-state index contributed by atoms with van der Waals surface area (Å²) in [6.07, 6.45) is 1.15. The molecule has 0 aliphatic heterocycles. The summed E-state index contributed by atoms with van der Waals surface area (Å²) in [6.45, 7) is 5.75. The molecule has 138 valence electrons. The molecule has 4 N–H and O–H groups in total. The largest absolute Gasteiger partial charge is 0.505 e. The number of aryl methyl sites for hydroxylation is 2. The molecule has 3 rings (SSSR count). The van der Waals surface area contributed by atoms with E-state index < -0.39 is 5.91 Å². The number of hydrogen-bond acceptors (Lipinski definition) is 3. The molecule has 0 unspecified atom stereocenters. The van der Waals surface area contributed by atoms with Crippen LogP contribution in [0.1, 0.15) is 34.1 Å². The zero-order valence-electron chi connectivity index (χ0n) is 15.1. The van der Waals surface area contributed by atoms with E-state index in [9.17, 15) is 15.0 Å². The lowest BCUT2D eigenvalue weighted by molar-refractivity contribution is 0.102. The van der Waals surface area contributed by atoms with Crippen molar-refractivity contribution >= 4 is 17.2 Å². The van der Waals surface area contributed by atoms with Crippen molar-refractivity contribution in [3.63, 3.8) is 0 Å². The second-order valence-corrected chi connectivity index (χ2v) is 6.44. The van der Waals surface area contributed by atoms with Gasteiger partial charge in [-0.05, 0) is 37.0 Å². The number of hydrogen-bond donors (Lipinski definition) is 4. The minimum absolute atomic E-state index is 0.158. The number of rotatable bonds is 6. The second-order valence-electron chi connectivity index (χ2n) is 6.44. The number of aromatic hydroxyl groups is 2. The van der Waals surface area contributed by atoms with Gasteiger partial charge in [0.05, 0.1) is 5.69 Å². The summed E-state index contributed by atoms with van der Waals surface area (Å²) in [5.41, 5.74) is 3.54. The molecule has 5 nitrogen and oxygen atoms in total. The molecule has 0 radical (unpaired) electrons. The van der Waals surface area contributed by atoms with Gasteiger partial charge >= 0.3 is 0 Å². The van der Waals surface area contributed by atoms with Gasteiger partial charge < -0.3 is 20.5 Å². The Morgan fingerprint density at radius 1 is 1.04 bits per heavy atom. The number of carbonyl (C=O) groups is 1. The number of carbonyl (C=O) groups excluding carboxylic acids is 1. The standard InChI is InChI=1S/C22H22N2O3/c1-14(2)16-10-6-7-11-17(16)23-21(26)19-20(25)18(24-22(19)27)13-12-15-8-4-3-5-9-15/h3-11,24-25,27H,1,12-13H2,2H3,(H,23,26). The molecule has 0 aliphatic rings. The van der Waals surface area contributed by atoms with Crippen LogP contribution in [-0.4, -0.2) is 21.1 Å². The number of amides is 1. The van der Waals surface area contributed by atoms with Gasteiger partial charge in [0.15, 0.2) is 5.75 Å².